The Morgan fingerprint density at radius 3 is 1.80 bits per heavy atom. The van der Waals surface area contributed by atoms with E-state index in [0.29, 0.717) is 0 Å². The molecule has 3 nitrogen and oxygen atoms in total. The zero-order valence-electron chi connectivity index (χ0n) is 16.6. The molecule has 1 aliphatic rings. The highest BCUT2D eigenvalue weighted by molar-refractivity contribution is 6.14. The second-order valence-electron chi connectivity index (χ2n) is 7.30. The molecule has 0 aromatic carbocycles. The number of carbonyl (C=O) groups is 1. The monoisotopic (exact) mass is 349 g/mol. The normalized spacial score (nSPS) is 17.1. The molecule has 1 aliphatic heterocycles. The van der Waals surface area contributed by atoms with E-state index >= 15 is 0 Å². The van der Waals surface area contributed by atoms with Crippen LogP contribution < -0.4 is 0 Å². The zero-order chi connectivity index (χ0) is 18.2. The Balaban J connectivity index is 1.87. The lowest BCUT2D eigenvalue weighted by Gasteiger charge is -2.17. The molecule has 0 fully saturated rings. The van der Waals surface area contributed by atoms with Crippen molar-refractivity contribution in [3.05, 3.63) is 12.3 Å². The molecule has 0 radical (unpaired) electrons. The summed E-state index contributed by atoms with van der Waals surface area (Å²) < 4.78 is 5.25. The molecule has 1 unspecified atom stereocenters. The molecule has 0 saturated heterocycles. The number of methoxy groups -OCH3 is 1. The van der Waals surface area contributed by atoms with Crippen LogP contribution in [0.15, 0.2) is 17.3 Å². The summed E-state index contributed by atoms with van der Waals surface area (Å²) in [7, 11) is 1.59. The van der Waals surface area contributed by atoms with Crippen LogP contribution in [-0.2, 0) is 9.53 Å². The predicted molar refractivity (Wildman–Crippen MR) is 107 cm³/mol. The lowest BCUT2D eigenvalue weighted by molar-refractivity contribution is -0.120. The summed E-state index contributed by atoms with van der Waals surface area (Å²) in [4.78, 5) is 16.0. The second kappa shape index (κ2) is 15.3. The molecule has 0 aromatic rings. The summed E-state index contributed by atoms with van der Waals surface area (Å²) in [5.41, 5.74) is 0.897. The number of aliphatic imine (C=N–C) groups is 1. The Morgan fingerprint density at radius 1 is 0.840 bits per heavy atom. The molecule has 0 spiro atoms. The number of hydrogen-bond donors (Lipinski definition) is 0. The molecular weight excluding hydrogens is 310 g/mol. The van der Waals surface area contributed by atoms with Gasteiger partial charge in [0.05, 0.1) is 5.71 Å². The number of carbonyl (C=O) groups excluding carboxylic acids is 1. The Kier molecular flexibility index (Phi) is 13.5. The number of ether oxygens (including phenoxy) is 1. The second-order valence-corrected chi connectivity index (χ2v) is 7.30. The number of ketones is 1. The van der Waals surface area contributed by atoms with E-state index in [1.54, 1.807) is 13.3 Å². The quantitative estimate of drug-likeness (QED) is 0.302. The van der Waals surface area contributed by atoms with Gasteiger partial charge >= 0.3 is 0 Å². The van der Waals surface area contributed by atoms with Crippen molar-refractivity contribution in [1.82, 2.24) is 0 Å². The Labute approximate surface area is 155 Å². The standard InChI is InChI=1S/C22H39NO2/c1-3-4-5-6-7-8-9-10-11-12-13-14-15-16-17-20-22(25-2)21(24)18-19-23-20/h18-19,22H,3-17H2,1-2H3. The van der Waals surface area contributed by atoms with Crippen LogP contribution in [0.4, 0.5) is 0 Å². The lowest BCUT2D eigenvalue weighted by atomic mass is 10.0. The van der Waals surface area contributed by atoms with Crippen LogP contribution in [0, 0.1) is 0 Å². The van der Waals surface area contributed by atoms with Crippen LogP contribution in [0.25, 0.3) is 0 Å². The first-order valence-corrected chi connectivity index (χ1v) is 10.6. The van der Waals surface area contributed by atoms with Gasteiger partial charge in [-0.15, -0.1) is 0 Å². The molecule has 144 valence electrons. The molecule has 0 amide bonds. The van der Waals surface area contributed by atoms with Gasteiger partial charge < -0.3 is 4.74 Å². The van der Waals surface area contributed by atoms with E-state index in [1.165, 1.54) is 89.5 Å². The van der Waals surface area contributed by atoms with Gasteiger partial charge in [-0.1, -0.05) is 90.4 Å². The average Bonchev–Trinajstić information content (AvgIpc) is 2.62. The minimum absolute atomic E-state index is 0.0258. The third-order valence-corrected chi connectivity index (χ3v) is 5.06. The Morgan fingerprint density at radius 2 is 1.32 bits per heavy atom. The summed E-state index contributed by atoms with van der Waals surface area (Å²) in [6.07, 6.45) is 22.6. The maximum absolute atomic E-state index is 11.7. The molecule has 0 aromatic heterocycles. The Hall–Kier alpha value is -0.960. The summed E-state index contributed by atoms with van der Waals surface area (Å²) >= 11 is 0. The molecule has 0 bridgehead atoms. The molecule has 25 heavy (non-hydrogen) atoms. The van der Waals surface area contributed by atoms with Gasteiger partial charge in [-0.3, -0.25) is 9.79 Å². The van der Waals surface area contributed by atoms with Crippen LogP contribution in [-0.4, -0.2) is 24.7 Å². The van der Waals surface area contributed by atoms with E-state index in [1.807, 2.05) is 0 Å². The fraction of sp³-hybridized carbons (Fsp3) is 0.818. The van der Waals surface area contributed by atoms with Crippen molar-refractivity contribution < 1.29 is 9.53 Å². The zero-order valence-corrected chi connectivity index (χ0v) is 16.6. The van der Waals surface area contributed by atoms with Gasteiger partial charge in [0.15, 0.2) is 11.9 Å². The minimum atomic E-state index is -0.438. The summed E-state index contributed by atoms with van der Waals surface area (Å²) in [5, 5.41) is 0. The minimum Gasteiger partial charge on any atom is -0.367 e. The topological polar surface area (TPSA) is 38.7 Å². The van der Waals surface area contributed by atoms with Crippen LogP contribution in [0.5, 0.6) is 0 Å². The van der Waals surface area contributed by atoms with Gasteiger partial charge in [-0.25, -0.2) is 0 Å². The number of nitrogens with zero attached hydrogens (tertiary/aromatic N) is 1. The van der Waals surface area contributed by atoms with E-state index in [-0.39, 0.29) is 5.78 Å². The third-order valence-electron chi connectivity index (χ3n) is 5.06. The average molecular weight is 350 g/mol. The van der Waals surface area contributed by atoms with Crippen molar-refractivity contribution in [2.75, 3.05) is 7.11 Å². The molecule has 3 heteroatoms. The largest absolute Gasteiger partial charge is 0.367 e. The molecule has 0 saturated carbocycles. The fourth-order valence-corrected chi connectivity index (χ4v) is 3.47. The summed E-state index contributed by atoms with van der Waals surface area (Å²) in [6, 6.07) is 0. The predicted octanol–water partition coefficient (Wildman–Crippen LogP) is 6.41. The van der Waals surface area contributed by atoms with Gasteiger partial charge in [0.2, 0.25) is 0 Å². The van der Waals surface area contributed by atoms with Crippen LogP contribution >= 0.6 is 0 Å². The van der Waals surface area contributed by atoms with Gasteiger partial charge in [-0.05, 0) is 12.8 Å². The van der Waals surface area contributed by atoms with E-state index in [2.05, 4.69) is 11.9 Å². The summed E-state index contributed by atoms with van der Waals surface area (Å²) in [5.74, 6) is 0.0258. The van der Waals surface area contributed by atoms with Crippen LogP contribution in [0.2, 0.25) is 0 Å². The van der Waals surface area contributed by atoms with E-state index in [0.717, 1.165) is 18.6 Å². The van der Waals surface area contributed by atoms with E-state index in [9.17, 15) is 4.79 Å². The first-order chi connectivity index (χ1) is 12.3. The Bertz CT molecular complexity index is 401. The fourth-order valence-electron chi connectivity index (χ4n) is 3.47. The smallest absolute Gasteiger partial charge is 0.191 e. The van der Waals surface area contributed by atoms with Crippen molar-refractivity contribution in [1.29, 1.82) is 0 Å². The van der Waals surface area contributed by atoms with Crippen molar-refractivity contribution in [2.24, 2.45) is 4.99 Å². The van der Waals surface area contributed by atoms with Gasteiger partial charge in [-0.2, -0.15) is 0 Å². The summed E-state index contributed by atoms with van der Waals surface area (Å²) in [6.45, 7) is 2.28. The molecule has 1 rings (SSSR count). The maximum atomic E-state index is 11.7. The number of rotatable bonds is 16. The van der Waals surface area contributed by atoms with Crippen molar-refractivity contribution in [2.45, 2.75) is 109 Å². The van der Waals surface area contributed by atoms with Gasteiger partial charge in [0.1, 0.15) is 0 Å². The van der Waals surface area contributed by atoms with Crippen molar-refractivity contribution >= 4 is 11.5 Å². The maximum Gasteiger partial charge on any atom is 0.191 e. The van der Waals surface area contributed by atoms with Crippen LogP contribution in [0.1, 0.15) is 103 Å². The molecule has 0 N–H and O–H groups in total. The molecule has 0 aliphatic carbocycles. The highest BCUT2D eigenvalue weighted by atomic mass is 16.5. The lowest BCUT2D eigenvalue weighted by Crippen LogP contribution is -2.32. The molecular formula is C22H39NO2. The highest BCUT2D eigenvalue weighted by Crippen LogP contribution is 2.15. The number of hydrogen-bond acceptors (Lipinski definition) is 3. The van der Waals surface area contributed by atoms with Gasteiger partial charge in [0, 0.05) is 19.4 Å². The first-order valence-electron chi connectivity index (χ1n) is 10.6. The third kappa shape index (κ3) is 10.6. The van der Waals surface area contributed by atoms with Crippen molar-refractivity contribution in [3.63, 3.8) is 0 Å². The van der Waals surface area contributed by atoms with Crippen LogP contribution in [0.3, 0.4) is 0 Å². The number of unbranched alkanes of at least 4 members (excludes halogenated alkanes) is 13. The van der Waals surface area contributed by atoms with E-state index < -0.39 is 6.10 Å². The molecule has 1 atom stereocenters. The van der Waals surface area contributed by atoms with E-state index in [4.69, 9.17) is 4.74 Å². The SMILES string of the molecule is CCCCCCCCCCCCCCCCC1=NC=CC(=O)C1OC. The first kappa shape index (κ1) is 22.1. The highest BCUT2D eigenvalue weighted by Gasteiger charge is 2.23. The molecule has 1 heterocycles. The van der Waals surface area contributed by atoms with Crippen molar-refractivity contribution in [3.8, 4) is 0 Å². The van der Waals surface area contributed by atoms with Gasteiger partial charge in [0.25, 0.3) is 0 Å².